The van der Waals surface area contributed by atoms with Gasteiger partial charge in [-0.2, -0.15) is 0 Å². The number of carbonyl (C=O) groups is 1. The Balaban J connectivity index is 1.94. The molecule has 0 amide bonds. The van der Waals surface area contributed by atoms with Crippen molar-refractivity contribution in [3.63, 3.8) is 0 Å². The first kappa shape index (κ1) is 13.4. The summed E-state index contributed by atoms with van der Waals surface area (Å²) in [5.41, 5.74) is 1.71. The molecule has 0 fully saturated rings. The van der Waals surface area contributed by atoms with Crippen molar-refractivity contribution in [3.8, 4) is 0 Å². The van der Waals surface area contributed by atoms with Crippen molar-refractivity contribution < 1.29 is 4.79 Å². The van der Waals surface area contributed by atoms with Crippen LogP contribution in [0.15, 0.2) is 59.2 Å². The normalized spacial score (nSPS) is 10.9. The molecule has 4 heteroatoms. The van der Waals surface area contributed by atoms with Gasteiger partial charge in [-0.3, -0.25) is 4.79 Å². The van der Waals surface area contributed by atoms with Crippen LogP contribution in [0.3, 0.4) is 0 Å². The predicted octanol–water partition coefficient (Wildman–Crippen LogP) is 4.94. The molecule has 0 saturated carbocycles. The van der Waals surface area contributed by atoms with E-state index in [1.165, 1.54) is 0 Å². The summed E-state index contributed by atoms with van der Waals surface area (Å²) in [5.74, 6) is 0.0740. The van der Waals surface area contributed by atoms with Crippen LogP contribution in [-0.4, -0.2) is 10.4 Å². The minimum atomic E-state index is 0.0740. The smallest absolute Gasteiger partial charge is 0.183 e. The van der Waals surface area contributed by atoms with E-state index in [9.17, 15) is 4.79 Å². The third-order valence-corrected chi connectivity index (χ3v) is 4.15. The van der Waals surface area contributed by atoms with Gasteiger partial charge in [0.15, 0.2) is 5.78 Å². The van der Waals surface area contributed by atoms with Crippen LogP contribution >= 0.6 is 27.5 Å². The van der Waals surface area contributed by atoms with Gasteiger partial charge in [-0.25, -0.2) is 0 Å². The molecule has 0 atom stereocenters. The van der Waals surface area contributed by atoms with E-state index in [4.69, 9.17) is 11.6 Å². The van der Waals surface area contributed by atoms with Crippen molar-refractivity contribution in [1.82, 2.24) is 4.57 Å². The van der Waals surface area contributed by atoms with E-state index in [0.717, 1.165) is 15.4 Å². The number of carbonyl (C=O) groups excluding carboxylic acids is 1. The van der Waals surface area contributed by atoms with Crippen molar-refractivity contribution in [2.45, 2.75) is 6.54 Å². The SMILES string of the molecule is O=C(Cn1ccc2cc(Cl)ccc21)c1ccccc1Br. The van der Waals surface area contributed by atoms with Crippen LogP contribution < -0.4 is 0 Å². The lowest BCUT2D eigenvalue weighted by molar-refractivity contribution is 0.0973. The van der Waals surface area contributed by atoms with Crippen LogP contribution in [0.4, 0.5) is 0 Å². The van der Waals surface area contributed by atoms with Crippen LogP contribution in [0.5, 0.6) is 0 Å². The predicted molar refractivity (Wildman–Crippen MR) is 85.4 cm³/mol. The summed E-state index contributed by atoms with van der Waals surface area (Å²) in [6.45, 7) is 0.313. The highest BCUT2D eigenvalue weighted by atomic mass is 79.9. The first-order valence-corrected chi connectivity index (χ1v) is 7.34. The molecule has 2 nitrogen and oxygen atoms in total. The summed E-state index contributed by atoms with van der Waals surface area (Å²) in [6.07, 6.45) is 1.91. The van der Waals surface area contributed by atoms with Crippen molar-refractivity contribution in [2.24, 2.45) is 0 Å². The van der Waals surface area contributed by atoms with E-state index in [-0.39, 0.29) is 5.78 Å². The highest BCUT2D eigenvalue weighted by Gasteiger charge is 2.11. The monoisotopic (exact) mass is 347 g/mol. The molecule has 0 bridgehead atoms. The highest BCUT2D eigenvalue weighted by Crippen LogP contribution is 2.22. The molecule has 0 aliphatic rings. The average molecular weight is 349 g/mol. The van der Waals surface area contributed by atoms with Crippen molar-refractivity contribution >= 4 is 44.2 Å². The molecule has 3 aromatic rings. The zero-order valence-electron chi connectivity index (χ0n) is 10.5. The fourth-order valence-electron chi connectivity index (χ4n) is 2.24. The molecule has 0 spiro atoms. The van der Waals surface area contributed by atoms with Gasteiger partial charge in [0.2, 0.25) is 0 Å². The maximum Gasteiger partial charge on any atom is 0.183 e. The lowest BCUT2D eigenvalue weighted by Crippen LogP contribution is -2.10. The molecular weight excluding hydrogens is 338 g/mol. The number of hydrogen-bond acceptors (Lipinski definition) is 1. The van der Waals surface area contributed by atoms with Gasteiger partial charge in [0.05, 0.1) is 6.54 Å². The van der Waals surface area contributed by atoms with Crippen molar-refractivity contribution in [2.75, 3.05) is 0 Å². The number of ketones is 1. The molecule has 0 saturated heterocycles. The second-order valence-corrected chi connectivity index (χ2v) is 5.84. The Bertz CT molecular complexity index is 794. The van der Waals surface area contributed by atoms with Gasteiger partial charge >= 0.3 is 0 Å². The first-order valence-electron chi connectivity index (χ1n) is 6.17. The topological polar surface area (TPSA) is 22.0 Å². The zero-order valence-corrected chi connectivity index (χ0v) is 12.9. The van der Waals surface area contributed by atoms with Crippen molar-refractivity contribution in [1.29, 1.82) is 0 Å². The summed E-state index contributed by atoms with van der Waals surface area (Å²) in [6, 6.07) is 15.1. The minimum absolute atomic E-state index is 0.0740. The van der Waals surface area contributed by atoms with Crippen molar-refractivity contribution in [3.05, 3.63) is 69.8 Å². The lowest BCUT2D eigenvalue weighted by Gasteiger charge is -2.06. The molecule has 0 aliphatic carbocycles. The summed E-state index contributed by atoms with van der Waals surface area (Å²) in [7, 11) is 0. The van der Waals surface area contributed by atoms with Gasteiger partial charge in [-0.05, 0) is 30.3 Å². The maximum atomic E-state index is 12.4. The molecular formula is C16H11BrClNO. The second-order valence-electron chi connectivity index (χ2n) is 4.55. The van der Waals surface area contributed by atoms with Gasteiger partial charge in [-0.15, -0.1) is 0 Å². The third kappa shape index (κ3) is 2.51. The standard InChI is InChI=1S/C16H11BrClNO/c17-14-4-2-1-3-13(14)16(20)10-19-8-7-11-9-12(18)5-6-15(11)19/h1-9H,10H2. The summed E-state index contributed by atoms with van der Waals surface area (Å²) >= 11 is 9.38. The Morgan fingerprint density at radius 1 is 1.15 bits per heavy atom. The quantitative estimate of drug-likeness (QED) is 0.614. The van der Waals surface area contributed by atoms with Gasteiger partial charge in [0.1, 0.15) is 0 Å². The van der Waals surface area contributed by atoms with Gasteiger partial charge in [-0.1, -0.05) is 45.7 Å². The Morgan fingerprint density at radius 3 is 2.75 bits per heavy atom. The van der Waals surface area contributed by atoms with E-state index in [1.807, 2.05) is 59.3 Å². The number of hydrogen-bond donors (Lipinski definition) is 0. The molecule has 2 aromatic carbocycles. The Morgan fingerprint density at radius 2 is 1.95 bits per heavy atom. The molecule has 100 valence electrons. The fraction of sp³-hybridized carbons (Fsp3) is 0.0625. The van der Waals surface area contributed by atoms with E-state index >= 15 is 0 Å². The molecule has 0 unspecified atom stereocenters. The maximum absolute atomic E-state index is 12.4. The Hall–Kier alpha value is -1.58. The zero-order chi connectivity index (χ0) is 14.1. The molecule has 1 heterocycles. The van der Waals surface area contributed by atoms with Gasteiger partial charge < -0.3 is 4.57 Å². The Labute approximate surface area is 130 Å². The van der Waals surface area contributed by atoms with E-state index in [0.29, 0.717) is 17.1 Å². The van der Waals surface area contributed by atoms with Gasteiger partial charge in [0, 0.05) is 32.2 Å². The summed E-state index contributed by atoms with van der Waals surface area (Å²) in [4.78, 5) is 12.4. The van der Waals surface area contributed by atoms with Crippen LogP contribution in [0.2, 0.25) is 5.02 Å². The fourth-order valence-corrected chi connectivity index (χ4v) is 2.92. The first-order chi connectivity index (χ1) is 9.65. The molecule has 0 N–H and O–H groups in total. The van der Waals surface area contributed by atoms with Crippen LogP contribution in [-0.2, 0) is 6.54 Å². The number of halogens is 2. The molecule has 20 heavy (non-hydrogen) atoms. The Kier molecular flexibility index (Phi) is 3.64. The average Bonchev–Trinajstić information content (AvgIpc) is 2.81. The number of nitrogens with zero attached hydrogens (tertiary/aromatic N) is 1. The number of fused-ring (bicyclic) bond motifs is 1. The van der Waals surface area contributed by atoms with Gasteiger partial charge in [0.25, 0.3) is 0 Å². The molecule has 0 radical (unpaired) electrons. The highest BCUT2D eigenvalue weighted by molar-refractivity contribution is 9.10. The largest absolute Gasteiger partial charge is 0.340 e. The minimum Gasteiger partial charge on any atom is -0.340 e. The van der Waals surface area contributed by atoms with E-state index in [1.54, 1.807) is 0 Å². The second kappa shape index (κ2) is 5.43. The van der Waals surface area contributed by atoms with E-state index < -0.39 is 0 Å². The summed E-state index contributed by atoms with van der Waals surface area (Å²) in [5, 5.41) is 1.74. The molecule has 1 aromatic heterocycles. The number of aromatic nitrogens is 1. The van der Waals surface area contributed by atoms with Crippen LogP contribution in [0.25, 0.3) is 10.9 Å². The number of rotatable bonds is 3. The van der Waals surface area contributed by atoms with Crippen LogP contribution in [0.1, 0.15) is 10.4 Å². The molecule has 0 aliphatic heterocycles. The number of Topliss-reactive ketones (excluding diaryl/α,β-unsaturated/α-hetero) is 1. The number of benzene rings is 2. The van der Waals surface area contributed by atoms with Crippen LogP contribution in [0, 0.1) is 0 Å². The molecule has 3 rings (SSSR count). The van der Waals surface area contributed by atoms with E-state index in [2.05, 4.69) is 15.9 Å². The lowest BCUT2D eigenvalue weighted by atomic mass is 10.1. The third-order valence-electron chi connectivity index (χ3n) is 3.22. The summed E-state index contributed by atoms with van der Waals surface area (Å²) < 4.78 is 2.76.